The zero-order valence-corrected chi connectivity index (χ0v) is 18.7. The van der Waals surface area contributed by atoms with Crippen molar-refractivity contribution in [2.75, 3.05) is 6.61 Å². The molecule has 2 heterocycles. The van der Waals surface area contributed by atoms with Gasteiger partial charge in [-0.1, -0.05) is 17.4 Å². The average Bonchev–Trinajstić information content (AvgIpc) is 3.35. The first-order valence-corrected chi connectivity index (χ1v) is 10.8. The molecule has 176 valence electrons. The van der Waals surface area contributed by atoms with E-state index in [2.05, 4.69) is 10.1 Å². The second-order valence-electron chi connectivity index (χ2n) is 6.98. The summed E-state index contributed by atoms with van der Waals surface area (Å²) >= 11 is 0.914. The van der Waals surface area contributed by atoms with Gasteiger partial charge in [-0.15, -0.1) is 0 Å². The summed E-state index contributed by atoms with van der Waals surface area (Å²) in [7, 11) is 0. The first kappa shape index (κ1) is 23.2. The van der Waals surface area contributed by atoms with Gasteiger partial charge >= 0.3 is 11.7 Å². The number of aryl methyl sites for hydroxylation is 1. The van der Waals surface area contributed by atoms with Gasteiger partial charge < -0.3 is 9.47 Å². The lowest BCUT2D eigenvalue weighted by molar-refractivity contribution is 0.0525. The van der Waals surface area contributed by atoms with Crippen LogP contribution < -0.4 is 10.4 Å². The van der Waals surface area contributed by atoms with E-state index in [-0.39, 0.29) is 40.2 Å². The quantitative estimate of drug-likeness (QED) is 0.360. The van der Waals surface area contributed by atoms with Crippen molar-refractivity contribution >= 4 is 17.3 Å². The van der Waals surface area contributed by atoms with E-state index in [0.717, 1.165) is 45.1 Å². The maximum absolute atomic E-state index is 14.7. The van der Waals surface area contributed by atoms with Gasteiger partial charge in [-0.2, -0.15) is 9.78 Å². The molecule has 0 aliphatic rings. The lowest BCUT2D eigenvalue weighted by atomic mass is 10.2. The summed E-state index contributed by atoms with van der Waals surface area (Å²) in [5.74, 6) is -3.16. The molecule has 0 unspecified atom stereocenters. The summed E-state index contributed by atoms with van der Waals surface area (Å²) in [6.07, 6.45) is 1.11. The van der Waals surface area contributed by atoms with E-state index in [1.54, 1.807) is 13.8 Å². The van der Waals surface area contributed by atoms with Gasteiger partial charge in [0, 0.05) is 11.6 Å². The monoisotopic (exact) mass is 490 g/mol. The summed E-state index contributed by atoms with van der Waals surface area (Å²) in [5, 5.41) is 4.20. The first-order valence-electron chi connectivity index (χ1n) is 9.98. The Morgan fingerprint density at radius 2 is 1.85 bits per heavy atom. The van der Waals surface area contributed by atoms with Crippen LogP contribution in [-0.2, 0) is 11.3 Å². The molecule has 0 fully saturated rings. The number of benzene rings is 2. The third-order valence-electron chi connectivity index (χ3n) is 4.69. The molecule has 0 bridgehead atoms. The SMILES string of the molecule is CCOC(=O)c1nc(C)c(Oc2ccc(-n3ncn(Cc4c(F)cccc4F)c3=O)cc2F)s1. The highest BCUT2D eigenvalue weighted by Crippen LogP contribution is 2.33. The number of carbonyl (C=O) groups excluding carboxylic acids is 1. The minimum atomic E-state index is -0.801. The Morgan fingerprint density at radius 3 is 2.53 bits per heavy atom. The van der Waals surface area contributed by atoms with Crippen molar-refractivity contribution in [3.63, 3.8) is 0 Å². The number of hydrogen-bond donors (Lipinski definition) is 0. The van der Waals surface area contributed by atoms with Gasteiger partial charge in [0.25, 0.3) is 0 Å². The molecule has 8 nitrogen and oxygen atoms in total. The summed E-state index contributed by atoms with van der Waals surface area (Å²) < 4.78 is 54.9. The molecule has 4 rings (SSSR count). The molecule has 12 heteroatoms. The fraction of sp³-hybridized carbons (Fsp3) is 0.182. The van der Waals surface area contributed by atoms with Gasteiger partial charge in [0.05, 0.1) is 24.5 Å². The summed E-state index contributed by atoms with van der Waals surface area (Å²) in [5.41, 5.74) is -0.544. The van der Waals surface area contributed by atoms with Gasteiger partial charge in [0.15, 0.2) is 11.6 Å². The van der Waals surface area contributed by atoms with Crippen LogP contribution in [0.1, 0.15) is 28.0 Å². The molecule has 0 saturated carbocycles. The highest BCUT2D eigenvalue weighted by molar-refractivity contribution is 7.15. The van der Waals surface area contributed by atoms with Gasteiger partial charge in [-0.25, -0.2) is 27.7 Å². The van der Waals surface area contributed by atoms with Crippen molar-refractivity contribution in [1.29, 1.82) is 0 Å². The molecule has 34 heavy (non-hydrogen) atoms. The first-order chi connectivity index (χ1) is 16.3. The maximum Gasteiger partial charge on any atom is 0.367 e. The van der Waals surface area contributed by atoms with Crippen LogP contribution in [0.2, 0.25) is 0 Å². The van der Waals surface area contributed by atoms with Crippen molar-refractivity contribution < 1.29 is 27.4 Å². The van der Waals surface area contributed by atoms with Crippen molar-refractivity contribution in [1.82, 2.24) is 19.3 Å². The van der Waals surface area contributed by atoms with Crippen molar-refractivity contribution in [2.24, 2.45) is 0 Å². The van der Waals surface area contributed by atoms with Gasteiger partial charge in [0.2, 0.25) is 10.1 Å². The predicted octanol–water partition coefficient (Wildman–Crippen LogP) is 4.23. The number of ether oxygens (including phenoxy) is 2. The van der Waals surface area contributed by atoms with E-state index in [0.29, 0.717) is 5.69 Å². The fourth-order valence-corrected chi connectivity index (χ4v) is 3.86. The molecule has 0 aliphatic carbocycles. The number of rotatable bonds is 7. The summed E-state index contributed by atoms with van der Waals surface area (Å²) in [6.45, 7) is 3.08. The average molecular weight is 490 g/mol. The second-order valence-corrected chi connectivity index (χ2v) is 7.94. The Balaban J connectivity index is 1.57. The predicted molar refractivity (Wildman–Crippen MR) is 116 cm³/mol. The van der Waals surface area contributed by atoms with Crippen molar-refractivity contribution in [3.05, 3.63) is 86.9 Å². The molecule has 2 aromatic heterocycles. The van der Waals surface area contributed by atoms with E-state index in [1.807, 2.05) is 0 Å². The molecule has 0 atom stereocenters. The topological polar surface area (TPSA) is 88.2 Å². The van der Waals surface area contributed by atoms with Gasteiger partial charge in [-0.3, -0.25) is 4.57 Å². The largest absolute Gasteiger partial charge is 0.461 e. The molecule has 0 amide bonds. The molecule has 0 N–H and O–H groups in total. The van der Waals surface area contributed by atoms with E-state index < -0.39 is 29.1 Å². The lowest BCUT2D eigenvalue weighted by Crippen LogP contribution is -2.24. The van der Waals surface area contributed by atoms with Crippen molar-refractivity contribution in [3.8, 4) is 16.5 Å². The standard InChI is InChI=1S/C22H17F3N4O4S/c1-3-32-20(30)19-27-12(2)21(34-19)33-18-8-7-13(9-17(18)25)29-22(31)28(11-26-29)10-14-15(23)5-4-6-16(14)24/h4-9,11H,3,10H2,1-2H3. The molecule has 0 aliphatic heterocycles. The van der Waals surface area contributed by atoms with E-state index in [1.165, 1.54) is 18.2 Å². The number of esters is 1. The number of aromatic nitrogens is 4. The molecular weight excluding hydrogens is 473 g/mol. The molecule has 4 aromatic rings. The van der Waals surface area contributed by atoms with Crippen LogP contribution in [0.25, 0.3) is 5.69 Å². The van der Waals surface area contributed by atoms with Crippen LogP contribution in [0.15, 0.2) is 47.5 Å². The van der Waals surface area contributed by atoms with E-state index in [4.69, 9.17) is 9.47 Å². The normalized spacial score (nSPS) is 11.0. The van der Waals surface area contributed by atoms with Crippen LogP contribution in [0.3, 0.4) is 0 Å². The summed E-state index contributed by atoms with van der Waals surface area (Å²) in [4.78, 5) is 28.6. The fourth-order valence-electron chi connectivity index (χ4n) is 3.04. The maximum atomic E-state index is 14.7. The van der Waals surface area contributed by atoms with E-state index in [9.17, 15) is 22.8 Å². The van der Waals surface area contributed by atoms with Gasteiger partial charge in [-0.05, 0) is 38.1 Å². The van der Waals surface area contributed by atoms with Crippen molar-refractivity contribution in [2.45, 2.75) is 20.4 Å². The zero-order chi connectivity index (χ0) is 24.4. The molecular formula is C22H17F3N4O4S. The third-order valence-corrected chi connectivity index (χ3v) is 5.71. The number of thiazole rings is 1. The molecule has 0 spiro atoms. The number of carbonyl (C=O) groups is 1. The van der Waals surface area contributed by atoms with E-state index >= 15 is 0 Å². The Morgan fingerprint density at radius 1 is 1.12 bits per heavy atom. The number of hydrogen-bond acceptors (Lipinski definition) is 7. The Labute approximate surface area is 194 Å². The van der Waals surface area contributed by atoms with Crippen LogP contribution in [0.4, 0.5) is 13.2 Å². The van der Waals surface area contributed by atoms with Crippen LogP contribution in [-0.4, -0.2) is 31.9 Å². The minimum absolute atomic E-state index is 0.0785. The number of nitrogens with zero attached hydrogens (tertiary/aromatic N) is 4. The lowest BCUT2D eigenvalue weighted by Gasteiger charge is -2.07. The highest BCUT2D eigenvalue weighted by atomic mass is 32.1. The molecule has 0 saturated heterocycles. The Hall–Kier alpha value is -3.93. The number of halogens is 3. The molecule has 0 radical (unpaired) electrons. The Bertz CT molecular complexity index is 1410. The van der Waals surface area contributed by atoms with Crippen LogP contribution in [0.5, 0.6) is 10.8 Å². The third kappa shape index (κ3) is 4.57. The van der Waals surface area contributed by atoms with Crippen LogP contribution >= 0.6 is 11.3 Å². The second kappa shape index (κ2) is 9.51. The minimum Gasteiger partial charge on any atom is -0.461 e. The van der Waals surface area contributed by atoms with Crippen LogP contribution in [0, 0.1) is 24.4 Å². The Kier molecular flexibility index (Phi) is 6.50. The van der Waals surface area contributed by atoms with Gasteiger partial charge in [0.1, 0.15) is 18.0 Å². The molecule has 2 aromatic carbocycles. The smallest absolute Gasteiger partial charge is 0.367 e. The highest BCUT2D eigenvalue weighted by Gasteiger charge is 2.19. The zero-order valence-electron chi connectivity index (χ0n) is 17.9. The summed E-state index contributed by atoms with van der Waals surface area (Å²) in [6, 6.07) is 7.10.